The number of halogens is 1. The number of sulfonamides is 1. The van der Waals surface area contributed by atoms with Crippen molar-refractivity contribution in [2.24, 2.45) is 5.10 Å². The predicted molar refractivity (Wildman–Crippen MR) is 130 cm³/mol. The minimum Gasteiger partial charge on any atom is -0.457 e. The monoisotopic (exact) mass is 515 g/mol. The normalized spacial score (nSPS) is 12.3. The number of ether oxygens (including phenoxy) is 1. The number of para-hydroxylation sites is 1. The number of hydrogen-bond acceptors (Lipinski definition) is 5. The number of rotatable bonds is 8. The molecule has 0 saturated heterocycles. The van der Waals surface area contributed by atoms with E-state index in [0.29, 0.717) is 17.2 Å². The van der Waals surface area contributed by atoms with Crippen molar-refractivity contribution in [2.75, 3.05) is 10.6 Å². The molecule has 1 atom stereocenters. The maximum absolute atomic E-state index is 12.6. The number of carbonyl (C=O) groups excluding carboxylic acids is 1. The van der Waals surface area contributed by atoms with E-state index >= 15 is 0 Å². The fourth-order valence-electron chi connectivity index (χ4n) is 2.91. The maximum Gasteiger partial charge on any atom is 0.263 e. The van der Waals surface area contributed by atoms with Crippen molar-refractivity contribution in [3.05, 3.63) is 88.9 Å². The van der Waals surface area contributed by atoms with Crippen molar-refractivity contribution < 1.29 is 17.9 Å². The molecule has 0 fully saturated rings. The third-order valence-corrected chi connectivity index (χ3v) is 6.19. The molecule has 1 amide bonds. The molecule has 3 aromatic rings. The van der Waals surface area contributed by atoms with Crippen LogP contribution in [0.25, 0.3) is 0 Å². The molecule has 1 N–H and O–H groups in total. The second-order valence-corrected chi connectivity index (χ2v) is 9.70. The van der Waals surface area contributed by atoms with Crippen LogP contribution in [0.4, 0.5) is 5.69 Å². The summed E-state index contributed by atoms with van der Waals surface area (Å²) in [5.41, 5.74) is 3.53. The zero-order chi connectivity index (χ0) is 23.1. The van der Waals surface area contributed by atoms with Crippen LogP contribution in [0.3, 0.4) is 0 Å². The Morgan fingerprint density at radius 1 is 1.00 bits per heavy atom. The van der Waals surface area contributed by atoms with Gasteiger partial charge in [-0.15, -0.1) is 0 Å². The molecule has 0 radical (unpaired) electrons. The van der Waals surface area contributed by atoms with Gasteiger partial charge >= 0.3 is 0 Å². The van der Waals surface area contributed by atoms with Gasteiger partial charge in [-0.1, -0.05) is 46.3 Å². The maximum atomic E-state index is 12.6. The molecule has 0 aliphatic heterocycles. The Kier molecular flexibility index (Phi) is 7.66. The molecular formula is C23H22BrN3O4S. The Morgan fingerprint density at radius 2 is 1.59 bits per heavy atom. The number of benzene rings is 3. The number of anilines is 1. The summed E-state index contributed by atoms with van der Waals surface area (Å²) < 4.78 is 32.6. The lowest BCUT2D eigenvalue weighted by atomic mass is 10.2. The fourth-order valence-corrected chi connectivity index (χ4v) is 4.35. The van der Waals surface area contributed by atoms with Crippen molar-refractivity contribution in [3.8, 4) is 11.5 Å². The van der Waals surface area contributed by atoms with Gasteiger partial charge in [0.05, 0.1) is 18.2 Å². The molecule has 0 aromatic heterocycles. The number of carbonyl (C=O) groups is 1. The average molecular weight is 516 g/mol. The third-order valence-electron chi connectivity index (χ3n) is 4.42. The van der Waals surface area contributed by atoms with Gasteiger partial charge in [0, 0.05) is 4.47 Å². The highest BCUT2D eigenvalue weighted by Crippen LogP contribution is 2.26. The van der Waals surface area contributed by atoms with Crippen molar-refractivity contribution >= 4 is 43.8 Å². The van der Waals surface area contributed by atoms with Crippen LogP contribution in [-0.2, 0) is 14.8 Å². The SMILES string of the molecule is C[C@H](C(=O)N/N=C\c1ccc(Br)cc1)N(c1ccc(Oc2ccccc2)cc1)S(C)(=O)=O. The van der Waals surface area contributed by atoms with Gasteiger partial charge in [-0.25, -0.2) is 13.8 Å². The molecule has 0 aliphatic rings. The van der Waals surface area contributed by atoms with E-state index in [0.717, 1.165) is 20.6 Å². The van der Waals surface area contributed by atoms with Gasteiger partial charge in [0.25, 0.3) is 5.91 Å². The topological polar surface area (TPSA) is 88.1 Å². The molecule has 0 bridgehead atoms. The molecule has 0 unspecified atom stereocenters. The lowest BCUT2D eigenvalue weighted by Gasteiger charge is -2.27. The molecule has 166 valence electrons. The van der Waals surface area contributed by atoms with Crippen LogP contribution in [0.5, 0.6) is 11.5 Å². The molecule has 32 heavy (non-hydrogen) atoms. The first-order valence-corrected chi connectivity index (χ1v) is 12.3. The Balaban J connectivity index is 1.72. The number of hydrogen-bond donors (Lipinski definition) is 1. The largest absolute Gasteiger partial charge is 0.457 e. The molecule has 0 aliphatic carbocycles. The zero-order valence-corrected chi connectivity index (χ0v) is 19.9. The number of hydrazone groups is 1. The minimum atomic E-state index is -3.74. The van der Waals surface area contributed by atoms with Crippen molar-refractivity contribution in [1.29, 1.82) is 0 Å². The molecule has 3 aromatic carbocycles. The fraction of sp³-hybridized carbons (Fsp3) is 0.130. The van der Waals surface area contributed by atoms with E-state index in [1.807, 2.05) is 54.6 Å². The first-order valence-electron chi connectivity index (χ1n) is 9.65. The van der Waals surface area contributed by atoms with Crippen molar-refractivity contribution in [3.63, 3.8) is 0 Å². The van der Waals surface area contributed by atoms with Crippen molar-refractivity contribution in [1.82, 2.24) is 5.43 Å². The van der Waals surface area contributed by atoms with E-state index in [2.05, 4.69) is 26.5 Å². The van der Waals surface area contributed by atoms with Gasteiger partial charge < -0.3 is 4.74 Å². The first kappa shape index (κ1) is 23.5. The smallest absolute Gasteiger partial charge is 0.263 e. The Bertz CT molecular complexity index is 1180. The second-order valence-electron chi connectivity index (χ2n) is 6.93. The minimum absolute atomic E-state index is 0.340. The summed E-state index contributed by atoms with van der Waals surface area (Å²) in [6.45, 7) is 1.50. The summed E-state index contributed by atoms with van der Waals surface area (Å²) in [4.78, 5) is 12.6. The van der Waals surface area contributed by atoms with E-state index in [4.69, 9.17) is 4.74 Å². The highest BCUT2D eigenvalue weighted by Gasteiger charge is 2.29. The van der Waals surface area contributed by atoms with Crippen LogP contribution in [0.15, 0.2) is 88.4 Å². The Labute approximate surface area is 195 Å². The third kappa shape index (κ3) is 6.41. The Morgan fingerprint density at radius 3 is 2.19 bits per heavy atom. The molecule has 0 saturated carbocycles. The van der Waals surface area contributed by atoms with E-state index in [-0.39, 0.29) is 0 Å². The molecule has 7 nitrogen and oxygen atoms in total. The van der Waals surface area contributed by atoms with Crippen LogP contribution in [-0.4, -0.2) is 32.8 Å². The van der Waals surface area contributed by atoms with Crippen LogP contribution >= 0.6 is 15.9 Å². The highest BCUT2D eigenvalue weighted by molar-refractivity contribution is 9.10. The van der Waals surface area contributed by atoms with Gasteiger partial charge in [0.15, 0.2) is 0 Å². The van der Waals surface area contributed by atoms with E-state index < -0.39 is 22.0 Å². The first-order chi connectivity index (χ1) is 15.2. The average Bonchev–Trinajstić information content (AvgIpc) is 2.76. The van der Waals surface area contributed by atoms with Crippen molar-refractivity contribution in [2.45, 2.75) is 13.0 Å². The summed E-state index contributed by atoms with van der Waals surface area (Å²) in [5, 5.41) is 3.93. The standard InChI is InChI=1S/C23H22BrN3O4S/c1-17(23(28)26-25-16-18-8-10-19(24)11-9-18)27(32(2,29)30)20-12-14-22(15-13-20)31-21-6-4-3-5-7-21/h3-17H,1-2H3,(H,26,28)/b25-16-/t17-/m1/s1. The molecule has 9 heteroatoms. The van der Waals surface area contributed by atoms with E-state index in [1.54, 1.807) is 24.3 Å². The van der Waals surface area contributed by atoms with Gasteiger partial charge in [-0.2, -0.15) is 5.10 Å². The predicted octanol–water partition coefficient (Wildman–Crippen LogP) is 4.55. The Hall–Kier alpha value is -3.17. The summed E-state index contributed by atoms with van der Waals surface area (Å²) in [6, 6.07) is 22.0. The number of amides is 1. The highest BCUT2D eigenvalue weighted by atomic mass is 79.9. The van der Waals surface area contributed by atoms with Gasteiger partial charge in [0.1, 0.15) is 17.5 Å². The van der Waals surface area contributed by atoms with Gasteiger partial charge in [0.2, 0.25) is 10.0 Å². The van der Waals surface area contributed by atoms with E-state index in [1.165, 1.54) is 13.1 Å². The van der Waals surface area contributed by atoms with Crippen LogP contribution in [0.2, 0.25) is 0 Å². The molecule has 3 rings (SSSR count). The summed E-state index contributed by atoms with van der Waals surface area (Å²) >= 11 is 3.35. The van der Waals surface area contributed by atoms with Crippen LogP contribution in [0, 0.1) is 0 Å². The second kappa shape index (κ2) is 10.4. The molecule has 0 spiro atoms. The van der Waals surface area contributed by atoms with Crippen LogP contribution in [0.1, 0.15) is 12.5 Å². The summed E-state index contributed by atoms with van der Waals surface area (Å²) in [5.74, 6) is 0.648. The van der Waals surface area contributed by atoms with E-state index in [9.17, 15) is 13.2 Å². The lowest BCUT2D eigenvalue weighted by Crippen LogP contribution is -2.46. The summed E-state index contributed by atoms with van der Waals surface area (Å²) in [7, 11) is -3.74. The number of nitrogens with one attached hydrogen (secondary N) is 1. The molecular weight excluding hydrogens is 494 g/mol. The van der Waals surface area contributed by atoms with Crippen LogP contribution < -0.4 is 14.5 Å². The molecule has 0 heterocycles. The lowest BCUT2D eigenvalue weighted by molar-refractivity contribution is -0.121. The number of nitrogens with zero attached hydrogens (tertiary/aromatic N) is 2. The quantitative estimate of drug-likeness (QED) is 0.352. The van der Waals surface area contributed by atoms with Gasteiger partial charge in [-0.3, -0.25) is 9.10 Å². The zero-order valence-electron chi connectivity index (χ0n) is 17.5. The van der Waals surface area contributed by atoms with Gasteiger partial charge in [-0.05, 0) is 61.0 Å². The summed E-state index contributed by atoms with van der Waals surface area (Å²) in [6.07, 6.45) is 2.54.